The zero-order valence-corrected chi connectivity index (χ0v) is 13.1. The van der Waals surface area contributed by atoms with Crippen LogP contribution in [0.3, 0.4) is 0 Å². The third-order valence-electron chi connectivity index (χ3n) is 4.35. The molecule has 1 aliphatic carbocycles. The van der Waals surface area contributed by atoms with E-state index in [1.807, 2.05) is 0 Å². The van der Waals surface area contributed by atoms with Crippen LogP contribution in [0.5, 0.6) is 0 Å². The van der Waals surface area contributed by atoms with Crippen LogP contribution in [0.4, 0.5) is 5.69 Å². The van der Waals surface area contributed by atoms with Crippen LogP contribution in [-0.2, 0) is 0 Å². The van der Waals surface area contributed by atoms with E-state index in [2.05, 4.69) is 71.5 Å². The lowest BCUT2D eigenvalue weighted by molar-refractivity contribution is 0.212. The Balaban J connectivity index is 1.81. The molecule has 0 unspecified atom stereocenters. The third-order valence-corrected chi connectivity index (χ3v) is 5.04. The number of anilines is 1. The highest BCUT2D eigenvalue weighted by molar-refractivity contribution is 9.10. The highest BCUT2D eigenvalue weighted by Gasteiger charge is 2.31. The topological polar surface area (TPSA) is 12.0 Å². The summed E-state index contributed by atoms with van der Waals surface area (Å²) < 4.78 is 1.17. The fourth-order valence-corrected chi connectivity index (χ4v) is 3.41. The molecule has 1 aliphatic rings. The van der Waals surface area contributed by atoms with E-state index in [-0.39, 0.29) is 0 Å². The van der Waals surface area contributed by atoms with Crippen LogP contribution in [0.15, 0.2) is 40.9 Å². The smallest absolute Gasteiger partial charge is 0.0422 e. The van der Waals surface area contributed by atoms with Gasteiger partial charge in [-0.1, -0.05) is 54.0 Å². The fourth-order valence-electron chi connectivity index (χ4n) is 2.93. The van der Waals surface area contributed by atoms with E-state index in [1.54, 1.807) is 0 Å². The maximum atomic E-state index is 3.71. The van der Waals surface area contributed by atoms with Gasteiger partial charge in [-0.25, -0.2) is 0 Å². The normalized spacial score (nSPS) is 22.5. The molecule has 19 heavy (non-hydrogen) atoms. The molecule has 2 aromatic carbocycles. The van der Waals surface area contributed by atoms with Crippen LogP contribution >= 0.6 is 15.9 Å². The number of hydrogen-bond acceptors (Lipinski definition) is 1. The van der Waals surface area contributed by atoms with Gasteiger partial charge in [-0.15, -0.1) is 0 Å². The molecule has 0 aliphatic heterocycles. The van der Waals surface area contributed by atoms with Crippen LogP contribution in [0.2, 0.25) is 0 Å². The second kappa shape index (κ2) is 5.16. The molecular weight excluding hydrogens is 298 g/mol. The van der Waals surface area contributed by atoms with Crippen molar-refractivity contribution in [1.82, 2.24) is 0 Å². The van der Waals surface area contributed by atoms with Gasteiger partial charge in [0.25, 0.3) is 0 Å². The summed E-state index contributed by atoms with van der Waals surface area (Å²) in [6.45, 7) is 4.66. The summed E-state index contributed by atoms with van der Waals surface area (Å²) >= 11 is 3.63. The fraction of sp³-hybridized carbons (Fsp3) is 0.412. The van der Waals surface area contributed by atoms with Crippen molar-refractivity contribution in [1.29, 1.82) is 0 Å². The van der Waals surface area contributed by atoms with Gasteiger partial charge in [-0.05, 0) is 42.2 Å². The molecule has 1 saturated carbocycles. The standard InChI is InChI=1S/C17H20BrN/c1-11(2)12-9-13(10-12)19-17-8-7-16(18)14-5-3-4-6-15(14)17/h3-8,11-13,19H,9-10H2,1-2H3. The van der Waals surface area contributed by atoms with Gasteiger partial charge in [-0.2, -0.15) is 0 Å². The molecule has 3 rings (SSSR count). The first-order chi connectivity index (χ1) is 9.15. The molecule has 0 amide bonds. The maximum Gasteiger partial charge on any atom is 0.0422 e. The molecule has 1 nitrogen and oxygen atoms in total. The maximum absolute atomic E-state index is 3.71. The van der Waals surface area contributed by atoms with Gasteiger partial charge in [0, 0.05) is 21.6 Å². The Morgan fingerprint density at radius 2 is 1.74 bits per heavy atom. The molecule has 0 bridgehead atoms. The summed E-state index contributed by atoms with van der Waals surface area (Å²) in [7, 11) is 0. The van der Waals surface area contributed by atoms with E-state index in [4.69, 9.17) is 0 Å². The van der Waals surface area contributed by atoms with E-state index in [0.717, 1.165) is 11.8 Å². The Morgan fingerprint density at radius 1 is 1.05 bits per heavy atom. The summed E-state index contributed by atoms with van der Waals surface area (Å²) in [5.74, 6) is 1.72. The molecule has 0 aromatic heterocycles. The van der Waals surface area contributed by atoms with Crippen LogP contribution in [0.1, 0.15) is 26.7 Å². The molecule has 0 atom stereocenters. The largest absolute Gasteiger partial charge is 0.382 e. The molecule has 2 aromatic rings. The predicted octanol–water partition coefficient (Wildman–Crippen LogP) is 5.45. The molecule has 1 fully saturated rings. The molecule has 0 spiro atoms. The van der Waals surface area contributed by atoms with Crippen molar-refractivity contribution in [2.24, 2.45) is 11.8 Å². The van der Waals surface area contributed by atoms with Crippen molar-refractivity contribution in [2.45, 2.75) is 32.7 Å². The first-order valence-corrected chi connectivity index (χ1v) is 7.88. The van der Waals surface area contributed by atoms with E-state index >= 15 is 0 Å². The van der Waals surface area contributed by atoms with Gasteiger partial charge in [0.05, 0.1) is 0 Å². The Morgan fingerprint density at radius 3 is 2.42 bits per heavy atom. The van der Waals surface area contributed by atoms with Crippen molar-refractivity contribution in [3.05, 3.63) is 40.9 Å². The average molecular weight is 318 g/mol. The zero-order valence-electron chi connectivity index (χ0n) is 11.5. The van der Waals surface area contributed by atoms with E-state index < -0.39 is 0 Å². The van der Waals surface area contributed by atoms with Crippen LogP contribution in [0.25, 0.3) is 10.8 Å². The number of fused-ring (bicyclic) bond motifs is 1. The summed E-state index contributed by atoms with van der Waals surface area (Å²) in [6, 6.07) is 13.5. The quantitative estimate of drug-likeness (QED) is 0.793. The summed E-state index contributed by atoms with van der Waals surface area (Å²) in [5, 5.41) is 6.31. The zero-order chi connectivity index (χ0) is 13.4. The molecule has 2 heteroatoms. The van der Waals surface area contributed by atoms with E-state index in [9.17, 15) is 0 Å². The monoisotopic (exact) mass is 317 g/mol. The van der Waals surface area contributed by atoms with E-state index in [0.29, 0.717) is 6.04 Å². The molecule has 0 heterocycles. The van der Waals surface area contributed by atoms with Crippen LogP contribution < -0.4 is 5.32 Å². The number of nitrogens with one attached hydrogen (secondary N) is 1. The van der Waals surface area contributed by atoms with Gasteiger partial charge in [0.2, 0.25) is 0 Å². The number of hydrogen-bond donors (Lipinski definition) is 1. The number of benzene rings is 2. The Labute approximate surface area is 123 Å². The van der Waals surface area contributed by atoms with Gasteiger partial charge in [0.1, 0.15) is 0 Å². The summed E-state index contributed by atoms with van der Waals surface area (Å²) in [4.78, 5) is 0. The predicted molar refractivity (Wildman–Crippen MR) is 86.6 cm³/mol. The highest BCUT2D eigenvalue weighted by Crippen LogP contribution is 2.37. The van der Waals surface area contributed by atoms with Gasteiger partial charge in [0.15, 0.2) is 0 Å². The lowest BCUT2D eigenvalue weighted by Gasteiger charge is -2.39. The lowest BCUT2D eigenvalue weighted by Crippen LogP contribution is -2.37. The van der Waals surface area contributed by atoms with Gasteiger partial charge in [-0.3, -0.25) is 0 Å². The number of halogens is 1. The minimum absolute atomic E-state index is 0.650. The van der Waals surface area contributed by atoms with Crippen molar-refractivity contribution < 1.29 is 0 Å². The van der Waals surface area contributed by atoms with Crippen molar-refractivity contribution in [3.8, 4) is 0 Å². The SMILES string of the molecule is CC(C)C1CC(Nc2ccc(Br)c3ccccc23)C1. The minimum atomic E-state index is 0.650. The molecule has 1 N–H and O–H groups in total. The second-order valence-electron chi connectivity index (χ2n) is 5.96. The lowest BCUT2D eigenvalue weighted by atomic mass is 9.73. The molecule has 0 saturated heterocycles. The third kappa shape index (κ3) is 2.51. The van der Waals surface area contributed by atoms with E-state index in [1.165, 1.54) is 33.8 Å². The first-order valence-electron chi connectivity index (χ1n) is 7.09. The second-order valence-corrected chi connectivity index (χ2v) is 6.81. The van der Waals surface area contributed by atoms with Crippen molar-refractivity contribution in [2.75, 3.05) is 5.32 Å². The number of rotatable bonds is 3. The van der Waals surface area contributed by atoms with Crippen LogP contribution in [0, 0.1) is 11.8 Å². The molecule has 100 valence electrons. The summed E-state index contributed by atoms with van der Waals surface area (Å²) in [6.07, 6.45) is 2.62. The molecule has 0 radical (unpaired) electrons. The Bertz CT molecular complexity index is 585. The van der Waals surface area contributed by atoms with Crippen LogP contribution in [-0.4, -0.2) is 6.04 Å². The Hall–Kier alpha value is -1.02. The summed E-state index contributed by atoms with van der Waals surface area (Å²) in [5.41, 5.74) is 1.27. The molecular formula is C17H20BrN. The minimum Gasteiger partial charge on any atom is -0.382 e. The van der Waals surface area contributed by atoms with Gasteiger partial charge >= 0.3 is 0 Å². The van der Waals surface area contributed by atoms with Crippen molar-refractivity contribution in [3.63, 3.8) is 0 Å². The first kappa shape index (κ1) is 13.0. The average Bonchev–Trinajstić information content (AvgIpc) is 2.35. The highest BCUT2D eigenvalue weighted by atomic mass is 79.9. The Kier molecular flexibility index (Phi) is 3.53. The van der Waals surface area contributed by atoms with Gasteiger partial charge < -0.3 is 5.32 Å². The van der Waals surface area contributed by atoms with Crippen molar-refractivity contribution >= 4 is 32.4 Å².